The molecule has 0 bridgehead atoms. The van der Waals surface area contributed by atoms with Gasteiger partial charge in [0.1, 0.15) is 9.96 Å². The van der Waals surface area contributed by atoms with Gasteiger partial charge in [0.05, 0.1) is 16.2 Å². The lowest BCUT2D eigenvalue weighted by Crippen LogP contribution is -2.49. The Bertz CT molecular complexity index is 1330. The molecule has 0 saturated carbocycles. The first-order valence-electron chi connectivity index (χ1n) is 10.3. The molecule has 1 aliphatic rings. The second-order valence-corrected chi connectivity index (χ2v) is 13.4. The highest BCUT2D eigenvalue weighted by atomic mass is 32.2. The van der Waals surface area contributed by atoms with E-state index in [1.807, 2.05) is 4.90 Å². The van der Waals surface area contributed by atoms with Crippen LogP contribution in [0.3, 0.4) is 0 Å². The summed E-state index contributed by atoms with van der Waals surface area (Å²) in [5.74, 6) is -1.05. The van der Waals surface area contributed by atoms with Crippen LogP contribution in [0.4, 0.5) is 18.3 Å². The molecule has 35 heavy (non-hydrogen) atoms. The normalized spacial score (nSPS) is 16.3. The number of hydrogen-bond donors (Lipinski definition) is 0. The summed E-state index contributed by atoms with van der Waals surface area (Å²) in [5.41, 5.74) is 0.0890. The van der Waals surface area contributed by atoms with Crippen LogP contribution < -0.4 is 9.64 Å². The molecule has 1 saturated heterocycles. The zero-order valence-corrected chi connectivity index (χ0v) is 21.7. The molecule has 1 aliphatic heterocycles. The van der Waals surface area contributed by atoms with Crippen LogP contribution in [-0.4, -0.2) is 83.6 Å². The standard InChI is InChI=1S/C20H24F3N3O6S3/c1-12-18(35(4,30)31)33-19(24-12)26-9-7-25(8-10-26)17(27)15-11-14(34(3,28)29)5-6-16(15)32-13(2)20(21,22)23/h5-6,11,13H,7-10H2,1-4H3/t13-/m1/s1. The van der Waals surface area contributed by atoms with Gasteiger partial charge in [-0.1, -0.05) is 11.3 Å². The molecule has 194 valence electrons. The number of anilines is 1. The predicted molar refractivity (Wildman–Crippen MR) is 124 cm³/mol. The predicted octanol–water partition coefficient (Wildman–Crippen LogP) is 2.55. The number of sulfone groups is 2. The van der Waals surface area contributed by atoms with Crippen molar-refractivity contribution in [2.75, 3.05) is 43.6 Å². The van der Waals surface area contributed by atoms with Crippen molar-refractivity contribution < 1.29 is 39.5 Å². The summed E-state index contributed by atoms with van der Waals surface area (Å²) in [7, 11) is -7.17. The molecule has 2 aromatic rings. The Kier molecular flexibility index (Phi) is 7.44. The summed E-state index contributed by atoms with van der Waals surface area (Å²) in [6.07, 6.45) is -4.88. The van der Waals surface area contributed by atoms with Crippen LogP contribution in [0.2, 0.25) is 0 Å². The Morgan fingerprint density at radius 3 is 2.17 bits per heavy atom. The molecule has 1 aromatic carbocycles. The van der Waals surface area contributed by atoms with Crippen LogP contribution in [0.5, 0.6) is 5.75 Å². The highest BCUT2D eigenvalue weighted by molar-refractivity contribution is 7.92. The molecule has 3 rings (SSSR count). The van der Waals surface area contributed by atoms with Crippen molar-refractivity contribution in [2.24, 2.45) is 0 Å². The molecular weight excluding hydrogens is 531 g/mol. The smallest absolute Gasteiger partial charge is 0.425 e. The van der Waals surface area contributed by atoms with Gasteiger partial charge in [-0.2, -0.15) is 13.2 Å². The van der Waals surface area contributed by atoms with E-state index in [9.17, 15) is 34.8 Å². The zero-order chi connectivity index (χ0) is 26.3. The summed E-state index contributed by atoms with van der Waals surface area (Å²) in [4.78, 5) is 20.5. The Hall–Kier alpha value is -2.39. The van der Waals surface area contributed by atoms with Gasteiger partial charge in [0.25, 0.3) is 5.91 Å². The van der Waals surface area contributed by atoms with Gasteiger partial charge < -0.3 is 14.5 Å². The molecule has 0 aliphatic carbocycles. The third-order valence-corrected chi connectivity index (χ3v) is 9.54. The van der Waals surface area contributed by atoms with E-state index in [0.29, 0.717) is 23.9 Å². The van der Waals surface area contributed by atoms with Gasteiger partial charge in [-0.3, -0.25) is 4.79 Å². The van der Waals surface area contributed by atoms with Gasteiger partial charge in [0.15, 0.2) is 30.9 Å². The molecule has 0 N–H and O–H groups in total. The second kappa shape index (κ2) is 9.58. The van der Waals surface area contributed by atoms with E-state index < -0.39 is 37.9 Å². The van der Waals surface area contributed by atoms with Crippen molar-refractivity contribution >= 4 is 42.1 Å². The minimum absolute atomic E-state index is 0.156. The van der Waals surface area contributed by atoms with Crippen molar-refractivity contribution in [1.82, 2.24) is 9.88 Å². The molecule has 15 heteroatoms. The van der Waals surface area contributed by atoms with Gasteiger partial charge >= 0.3 is 6.18 Å². The van der Waals surface area contributed by atoms with E-state index in [2.05, 4.69) is 4.98 Å². The first kappa shape index (κ1) is 27.2. The van der Waals surface area contributed by atoms with Gasteiger partial charge in [-0.15, -0.1) is 0 Å². The maximum atomic E-state index is 13.2. The molecular formula is C20H24F3N3O6S3. The van der Waals surface area contributed by atoms with Crippen LogP contribution >= 0.6 is 11.3 Å². The first-order chi connectivity index (χ1) is 16.0. The Balaban J connectivity index is 1.84. The lowest BCUT2D eigenvalue weighted by Gasteiger charge is -2.35. The highest BCUT2D eigenvalue weighted by Gasteiger charge is 2.39. The molecule has 1 amide bonds. The van der Waals surface area contributed by atoms with Gasteiger partial charge in [-0.25, -0.2) is 21.8 Å². The van der Waals surface area contributed by atoms with Crippen molar-refractivity contribution in [1.29, 1.82) is 0 Å². The summed E-state index contributed by atoms with van der Waals surface area (Å²) >= 11 is 1.03. The molecule has 1 atom stereocenters. The number of aromatic nitrogens is 1. The monoisotopic (exact) mass is 555 g/mol. The number of nitrogens with zero attached hydrogens (tertiary/aromatic N) is 3. The Labute approximate surface area is 205 Å². The van der Waals surface area contributed by atoms with Crippen LogP contribution in [-0.2, 0) is 19.7 Å². The lowest BCUT2D eigenvalue weighted by atomic mass is 10.1. The van der Waals surface area contributed by atoms with E-state index in [0.717, 1.165) is 49.0 Å². The van der Waals surface area contributed by atoms with Gasteiger partial charge in [0.2, 0.25) is 0 Å². The number of thiazole rings is 1. The van der Waals surface area contributed by atoms with Crippen LogP contribution in [0.1, 0.15) is 23.0 Å². The number of carbonyl (C=O) groups is 1. The number of amides is 1. The van der Waals surface area contributed by atoms with Crippen molar-refractivity contribution in [3.8, 4) is 5.75 Å². The largest absolute Gasteiger partial charge is 0.480 e. The van der Waals surface area contributed by atoms with E-state index in [1.54, 1.807) is 6.92 Å². The molecule has 0 spiro atoms. The van der Waals surface area contributed by atoms with Gasteiger partial charge in [0, 0.05) is 38.7 Å². The van der Waals surface area contributed by atoms with Gasteiger partial charge in [-0.05, 0) is 32.0 Å². The van der Waals surface area contributed by atoms with Crippen LogP contribution in [0, 0.1) is 6.92 Å². The molecule has 1 aromatic heterocycles. The van der Waals surface area contributed by atoms with Crippen LogP contribution in [0.25, 0.3) is 0 Å². The first-order valence-corrected chi connectivity index (χ1v) is 14.9. The lowest BCUT2D eigenvalue weighted by molar-refractivity contribution is -0.189. The third-order valence-electron chi connectivity index (χ3n) is 5.29. The quantitative estimate of drug-likeness (QED) is 0.535. The van der Waals surface area contributed by atoms with Crippen molar-refractivity contribution in [2.45, 2.75) is 35.2 Å². The fourth-order valence-corrected chi connectivity index (χ4v) is 6.30. The fraction of sp³-hybridized carbons (Fsp3) is 0.500. The number of ether oxygens (including phenoxy) is 1. The SMILES string of the molecule is Cc1nc(N2CCN(C(=O)c3cc(S(C)(=O)=O)ccc3O[C@H](C)C(F)(F)F)CC2)sc1S(C)(=O)=O. The Morgan fingerprint density at radius 2 is 1.69 bits per heavy atom. The minimum atomic E-state index is -4.68. The Morgan fingerprint density at radius 1 is 1.09 bits per heavy atom. The number of rotatable bonds is 6. The summed E-state index contributed by atoms with van der Waals surface area (Å²) in [5, 5.41) is 0.483. The van der Waals surface area contributed by atoms with E-state index >= 15 is 0 Å². The maximum absolute atomic E-state index is 13.2. The number of piperazine rings is 1. The summed E-state index contributed by atoms with van der Waals surface area (Å²) < 4.78 is 92.0. The van der Waals surface area contributed by atoms with Crippen molar-refractivity contribution in [3.63, 3.8) is 0 Å². The molecule has 0 radical (unpaired) electrons. The number of aryl methyl sites for hydroxylation is 1. The van der Waals surface area contributed by atoms with Crippen molar-refractivity contribution in [3.05, 3.63) is 29.5 Å². The van der Waals surface area contributed by atoms with E-state index in [1.165, 1.54) is 4.90 Å². The number of halogens is 3. The molecule has 1 fully saturated rings. The minimum Gasteiger partial charge on any atom is -0.480 e. The zero-order valence-electron chi connectivity index (χ0n) is 19.3. The average Bonchev–Trinajstić information content (AvgIpc) is 3.14. The highest BCUT2D eigenvalue weighted by Crippen LogP contribution is 2.32. The number of benzene rings is 1. The van der Waals surface area contributed by atoms with E-state index in [4.69, 9.17) is 4.74 Å². The van der Waals surface area contributed by atoms with Crippen LogP contribution in [0.15, 0.2) is 27.3 Å². The summed E-state index contributed by atoms with van der Waals surface area (Å²) in [6.45, 7) is 3.28. The molecule has 0 unspecified atom stereocenters. The topological polar surface area (TPSA) is 114 Å². The summed E-state index contributed by atoms with van der Waals surface area (Å²) in [6, 6.07) is 3.16. The van der Waals surface area contributed by atoms with E-state index in [-0.39, 0.29) is 33.5 Å². The average molecular weight is 556 g/mol. The fourth-order valence-electron chi connectivity index (χ4n) is 3.39. The molecule has 9 nitrogen and oxygen atoms in total. The number of hydrogen-bond acceptors (Lipinski definition) is 9. The third kappa shape index (κ3) is 6.25. The number of alkyl halides is 3. The maximum Gasteiger partial charge on any atom is 0.425 e. The second-order valence-electron chi connectivity index (χ2n) is 8.15. The molecule has 2 heterocycles. The number of carbonyl (C=O) groups excluding carboxylic acids is 1.